The van der Waals surface area contributed by atoms with E-state index in [-0.39, 0.29) is 12.3 Å². The summed E-state index contributed by atoms with van der Waals surface area (Å²) in [4.78, 5) is 26.3. The van der Waals surface area contributed by atoms with Crippen LogP contribution in [0, 0.1) is 0 Å². The van der Waals surface area contributed by atoms with Gasteiger partial charge in [0.2, 0.25) is 23.6 Å². The zero-order chi connectivity index (χ0) is 20.9. The van der Waals surface area contributed by atoms with Gasteiger partial charge in [0.1, 0.15) is 0 Å². The number of amides is 2. The van der Waals surface area contributed by atoms with E-state index in [1.165, 1.54) is 0 Å². The quantitative estimate of drug-likeness (QED) is 0.624. The number of hydrogen-bond donors (Lipinski definition) is 2. The number of carbonyl (C=O) groups excluding carboxylic acids is 2. The van der Waals surface area contributed by atoms with Crippen molar-refractivity contribution in [2.24, 2.45) is 5.73 Å². The largest absolute Gasteiger partial charge is 0.421 e. The maximum atomic E-state index is 12.6. The Labute approximate surface area is 174 Å². The third-order valence-electron chi connectivity index (χ3n) is 5.06. The Hall–Kier alpha value is -3.68. The molecule has 8 heteroatoms. The molecule has 154 valence electrons. The van der Waals surface area contributed by atoms with Crippen LogP contribution in [-0.4, -0.2) is 35.1 Å². The number of aryl methyl sites for hydroxylation is 1. The Morgan fingerprint density at radius 1 is 1.07 bits per heavy atom. The minimum absolute atomic E-state index is 0.177. The molecule has 3 N–H and O–H groups in total. The van der Waals surface area contributed by atoms with Crippen LogP contribution in [0.2, 0.25) is 0 Å². The minimum Gasteiger partial charge on any atom is -0.421 e. The Balaban J connectivity index is 1.43. The molecule has 1 saturated heterocycles. The number of carbonyl (C=O) groups is 2. The van der Waals surface area contributed by atoms with Crippen LogP contribution >= 0.6 is 0 Å². The summed E-state index contributed by atoms with van der Waals surface area (Å²) in [6.45, 7) is 1.84. The molecule has 0 bridgehead atoms. The Morgan fingerprint density at radius 2 is 1.83 bits per heavy atom. The van der Waals surface area contributed by atoms with Crippen molar-refractivity contribution in [2.75, 3.05) is 23.3 Å². The third kappa shape index (κ3) is 4.48. The van der Waals surface area contributed by atoms with Gasteiger partial charge < -0.3 is 20.4 Å². The third-order valence-corrected chi connectivity index (χ3v) is 5.06. The van der Waals surface area contributed by atoms with Crippen LogP contribution in [0.1, 0.15) is 35.5 Å². The molecule has 3 aromatic rings. The number of primary amides is 1. The first-order valence-corrected chi connectivity index (χ1v) is 9.96. The maximum absolute atomic E-state index is 12.6. The van der Waals surface area contributed by atoms with Crippen LogP contribution in [-0.2, 0) is 11.2 Å². The number of aromatic nitrogens is 2. The summed E-state index contributed by atoms with van der Waals surface area (Å²) in [5.41, 5.74) is 8.09. The van der Waals surface area contributed by atoms with E-state index in [9.17, 15) is 9.59 Å². The molecule has 1 fully saturated rings. The average Bonchev–Trinajstić information content (AvgIpc) is 3.45. The highest BCUT2D eigenvalue weighted by Gasteiger charge is 2.19. The molecule has 0 saturated carbocycles. The molecule has 1 aliphatic heterocycles. The second-order valence-corrected chi connectivity index (χ2v) is 7.21. The van der Waals surface area contributed by atoms with Crippen LogP contribution in [0.25, 0.3) is 11.5 Å². The molecular formula is C22H23N5O3. The predicted molar refractivity (Wildman–Crippen MR) is 113 cm³/mol. The summed E-state index contributed by atoms with van der Waals surface area (Å²) in [6, 6.07) is 14.6. The summed E-state index contributed by atoms with van der Waals surface area (Å²) in [5, 5.41) is 11.0. The molecule has 0 spiro atoms. The van der Waals surface area contributed by atoms with E-state index in [2.05, 4.69) is 20.4 Å². The molecule has 0 aliphatic carbocycles. The van der Waals surface area contributed by atoms with Crippen molar-refractivity contribution < 1.29 is 14.0 Å². The Bertz CT molecular complexity index is 1040. The van der Waals surface area contributed by atoms with Gasteiger partial charge in [-0.15, -0.1) is 10.2 Å². The number of rotatable bonds is 7. The Kier molecular flexibility index (Phi) is 5.74. The van der Waals surface area contributed by atoms with Crippen molar-refractivity contribution in [3.05, 3.63) is 60.0 Å². The van der Waals surface area contributed by atoms with Crippen molar-refractivity contribution in [3.63, 3.8) is 0 Å². The molecule has 4 rings (SSSR count). The lowest BCUT2D eigenvalue weighted by Gasteiger charge is -2.22. The molecule has 0 atom stereocenters. The second kappa shape index (κ2) is 8.77. The van der Waals surface area contributed by atoms with Gasteiger partial charge in [0.15, 0.2) is 0 Å². The first-order valence-electron chi connectivity index (χ1n) is 9.96. The molecule has 30 heavy (non-hydrogen) atoms. The number of nitrogens with two attached hydrogens (primary N) is 1. The van der Waals surface area contributed by atoms with Crippen LogP contribution < -0.4 is 16.0 Å². The molecular weight excluding hydrogens is 382 g/mol. The fourth-order valence-corrected chi connectivity index (χ4v) is 3.51. The van der Waals surface area contributed by atoms with E-state index in [1.54, 1.807) is 12.1 Å². The molecule has 2 aromatic carbocycles. The standard InChI is InChI=1S/C22H23N5O3/c23-21(29)16-8-9-18(27-12-4-5-13-27)17(14-16)24-19(28)10-11-20-25-26-22(30-20)15-6-2-1-3-7-15/h1-3,6-9,14H,4-5,10-13H2,(H2,23,29)(H,24,28). The van der Waals surface area contributed by atoms with Gasteiger partial charge in [0.25, 0.3) is 0 Å². The lowest BCUT2D eigenvalue weighted by Crippen LogP contribution is -2.22. The SMILES string of the molecule is NC(=O)c1ccc(N2CCCC2)c(NC(=O)CCc2nnc(-c3ccccc3)o2)c1. The zero-order valence-corrected chi connectivity index (χ0v) is 16.5. The highest BCUT2D eigenvalue weighted by Crippen LogP contribution is 2.30. The number of nitrogens with one attached hydrogen (secondary N) is 1. The topological polar surface area (TPSA) is 114 Å². The minimum atomic E-state index is -0.530. The number of nitrogens with zero attached hydrogens (tertiary/aromatic N) is 3. The van der Waals surface area contributed by atoms with Gasteiger partial charge in [-0.2, -0.15) is 0 Å². The van der Waals surface area contributed by atoms with E-state index in [1.807, 2.05) is 36.4 Å². The number of benzene rings is 2. The van der Waals surface area contributed by atoms with Gasteiger partial charge in [-0.1, -0.05) is 18.2 Å². The van der Waals surface area contributed by atoms with Gasteiger partial charge in [-0.25, -0.2) is 0 Å². The fraction of sp³-hybridized carbons (Fsp3) is 0.273. The zero-order valence-electron chi connectivity index (χ0n) is 16.5. The predicted octanol–water partition coefficient (Wildman–Crippen LogP) is 3.01. The number of anilines is 2. The van der Waals surface area contributed by atoms with Gasteiger partial charge in [0.05, 0.1) is 11.4 Å². The van der Waals surface area contributed by atoms with Crippen LogP contribution in [0.3, 0.4) is 0 Å². The Morgan fingerprint density at radius 3 is 2.57 bits per heavy atom. The first-order chi connectivity index (χ1) is 14.6. The van der Waals surface area contributed by atoms with Gasteiger partial charge in [-0.3, -0.25) is 9.59 Å². The lowest BCUT2D eigenvalue weighted by atomic mass is 10.1. The van der Waals surface area contributed by atoms with Crippen molar-refractivity contribution in [2.45, 2.75) is 25.7 Å². The van der Waals surface area contributed by atoms with Crippen LogP contribution in [0.4, 0.5) is 11.4 Å². The van der Waals surface area contributed by atoms with E-state index in [0.29, 0.717) is 29.5 Å². The van der Waals surface area contributed by atoms with Crippen molar-refractivity contribution in [1.29, 1.82) is 0 Å². The first kappa shape index (κ1) is 19.6. The maximum Gasteiger partial charge on any atom is 0.248 e. The van der Waals surface area contributed by atoms with E-state index in [0.717, 1.165) is 37.2 Å². The van der Waals surface area contributed by atoms with Crippen molar-refractivity contribution in [3.8, 4) is 11.5 Å². The highest BCUT2D eigenvalue weighted by molar-refractivity contribution is 5.99. The molecule has 1 aromatic heterocycles. The summed E-state index contributed by atoms with van der Waals surface area (Å²) in [7, 11) is 0. The van der Waals surface area contributed by atoms with E-state index >= 15 is 0 Å². The second-order valence-electron chi connectivity index (χ2n) is 7.21. The monoisotopic (exact) mass is 405 g/mol. The average molecular weight is 405 g/mol. The fourth-order valence-electron chi connectivity index (χ4n) is 3.51. The molecule has 2 amide bonds. The number of hydrogen-bond acceptors (Lipinski definition) is 6. The summed E-state index contributed by atoms with van der Waals surface area (Å²) in [6.07, 6.45) is 2.70. The summed E-state index contributed by atoms with van der Waals surface area (Å²) < 4.78 is 5.65. The van der Waals surface area contributed by atoms with Crippen molar-refractivity contribution >= 4 is 23.2 Å². The lowest BCUT2D eigenvalue weighted by molar-refractivity contribution is -0.116. The highest BCUT2D eigenvalue weighted by atomic mass is 16.4. The summed E-state index contributed by atoms with van der Waals surface area (Å²) >= 11 is 0. The molecule has 2 heterocycles. The molecule has 0 unspecified atom stereocenters. The van der Waals surface area contributed by atoms with E-state index < -0.39 is 5.91 Å². The summed E-state index contributed by atoms with van der Waals surface area (Å²) in [5.74, 6) is 0.0976. The van der Waals surface area contributed by atoms with Gasteiger partial charge >= 0.3 is 0 Å². The van der Waals surface area contributed by atoms with Crippen LogP contribution in [0.15, 0.2) is 52.9 Å². The van der Waals surface area contributed by atoms with E-state index in [4.69, 9.17) is 10.2 Å². The molecule has 8 nitrogen and oxygen atoms in total. The normalized spacial score (nSPS) is 13.4. The van der Waals surface area contributed by atoms with Crippen molar-refractivity contribution in [1.82, 2.24) is 10.2 Å². The molecule has 0 radical (unpaired) electrons. The molecule has 1 aliphatic rings. The van der Waals surface area contributed by atoms with Crippen LogP contribution in [0.5, 0.6) is 0 Å². The van der Waals surface area contributed by atoms with Gasteiger partial charge in [-0.05, 0) is 43.2 Å². The van der Waals surface area contributed by atoms with Gasteiger partial charge in [0, 0.05) is 37.1 Å². The smallest absolute Gasteiger partial charge is 0.248 e.